The average molecular weight is 396 g/mol. The first-order valence-corrected chi connectivity index (χ1v) is 9.86. The number of thioether (sulfide) groups is 1. The van der Waals surface area contributed by atoms with Crippen LogP contribution in [-0.2, 0) is 4.79 Å². The Labute approximate surface area is 166 Å². The number of nitrogens with one attached hydrogen (secondary N) is 1. The molecule has 2 aromatic rings. The van der Waals surface area contributed by atoms with Gasteiger partial charge in [0.1, 0.15) is 17.2 Å². The van der Waals surface area contributed by atoms with Gasteiger partial charge >= 0.3 is 0 Å². The van der Waals surface area contributed by atoms with E-state index in [2.05, 4.69) is 10.4 Å². The van der Waals surface area contributed by atoms with E-state index in [0.717, 1.165) is 21.9 Å². The Morgan fingerprint density at radius 2 is 2.00 bits per heavy atom. The highest BCUT2D eigenvalue weighted by molar-refractivity contribution is 8.13. The van der Waals surface area contributed by atoms with Crippen LogP contribution in [0.1, 0.15) is 18.7 Å². The van der Waals surface area contributed by atoms with Gasteiger partial charge in [0.05, 0.1) is 19.6 Å². The van der Waals surface area contributed by atoms with Gasteiger partial charge in [0, 0.05) is 16.8 Å². The van der Waals surface area contributed by atoms with E-state index < -0.39 is 6.17 Å². The third kappa shape index (κ3) is 3.09. The molecule has 1 amide bonds. The lowest BCUT2D eigenvalue weighted by atomic mass is 10.1. The molecule has 1 N–H and O–H groups in total. The minimum Gasteiger partial charge on any atom is -0.497 e. The minimum atomic E-state index is -0.524. The number of fused-ring (bicyclic) bond motifs is 2. The first kappa shape index (κ1) is 18.4. The summed E-state index contributed by atoms with van der Waals surface area (Å²) in [4.78, 5) is 17.8. The fraction of sp³-hybridized carbons (Fsp3) is 0.250. The van der Waals surface area contributed by atoms with Gasteiger partial charge in [-0.2, -0.15) is 0 Å². The number of para-hydroxylation sites is 1. The third-order valence-electron chi connectivity index (χ3n) is 4.52. The van der Waals surface area contributed by atoms with Crippen LogP contribution in [0.5, 0.6) is 11.5 Å². The van der Waals surface area contributed by atoms with E-state index in [4.69, 9.17) is 14.5 Å². The number of nitrogens with zero attached hydrogens (tertiary/aromatic N) is 3. The summed E-state index contributed by atoms with van der Waals surface area (Å²) in [6, 6.07) is 13.1. The molecule has 0 bridgehead atoms. The average Bonchev–Trinajstić information content (AvgIpc) is 2.72. The monoisotopic (exact) mass is 396 g/mol. The molecular formula is C20H20N4O3S. The number of hydrogen-bond acceptors (Lipinski definition) is 7. The molecule has 0 aliphatic carbocycles. The van der Waals surface area contributed by atoms with Crippen molar-refractivity contribution in [3.05, 3.63) is 58.6 Å². The fourth-order valence-electron chi connectivity index (χ4n) is 3.26. The predicted octanol–water partition coefficient (Wildman–Crippen LogP) is 1.60. The Morgan fingerprint density at radius 3 is 2.75 bits per heavy atom. The van der Waals surface area contributed by atoms with Crippen molar-refractivity contribution in [1.29, 1.82) is 0 Å². The van der Waals surface area contributed by atoms with Crippen LogP contribution in [0.4, 0.5) is 0 Å². The van der Waals surface area contributed by atoms with Crippen LogP contribution >= 0.6 is 11.8 Å². The highest BCUT2D eigenvalue weighted by Crippen LogP contribution is 2.37. The highest BCUT2D eigenvalue weighted by Gasteiger charge is 2.35. The third-order valence-corrected chi connectivity index (χ3v) is 5.26. The van der Waals surface area contributed by atoms with E-state index in [-0.39, 0.29) is 5.91 Å². The molecule has 2 aliphatic rings. The molecular weight excluding hydrogens is 376 g/mol. The molecule has 1 unspecified atom stereocenters. The molecule has 4 rings (SSSR count). The number of hydrazone groups is 1. The van der Waals surface area contributed by atoms with E-state index in [9.17, 15) is 4.79 Å². The maximum atomic E-state index is 12.9. The number of benzene rings is 2. The van der Waals surface area contributed by atoms with Crippen LogP contribution in [0.15, 0.2) is 52.6 Å². The van der Waals surface area contributed by atoms with Crippen molar-refractivity contribution < 1.29 is 14.3 Å². The molecule has 1 atom stereocenters. The smallest absolute Gasteiger partial charge is 0.276 e. The Balaban J connectivity index is 1.95. The van der Waals surface area contributed by atoms with E-state index >= 15 is 0 Å². The highest BCUT2D eigenvalue weighted by atomic mass is 32.2. The molecule has 2 heterocycles. The van der Waals surface area contributed by atoms with E-state index in [0.29, 0.717) is 22.4 Å². The van der Waals surface area contributed by atoms with Crippen molar-refractivity contribution in [3.8, 4) is 11.5 Å². The van der Waals surface area contributed by atoms with Crippen molar-refractivity contribution in [2.45, 2.75) is 13.1 Å². The number of hydrogen-bond donors (Lipinski definition) is 1. The Bertz CT molecular complexity index is 1080. The maximum Gasteiger partial charge on any atom is 0.276 e. The van der Waals surface area contributed by atoms with Gasteiger partial charge in [0.2, 0.25) is 0 Å². The van der Waals surface area contributed by atoms with E-state index in [1.165, 1.54) is 11.8 Å². The Morgan fingerprint density at radius 1 is 1.18 bits per heavy atom. The van der Waals surface area contributed by atoms with Crippen molar-refractivity contribution in [2.24, 2.45) is 10.1 Å². The lowest BCUT2D eigenvalue weighted by Gasteiger charge is -2.34. The minimum absolute atomic E-state index is 0.189. The molecule has 144 valence electrons. The number of carbonyl (C=O) groups is 1. The Hall–Kier alpha value is -3.00. The first-order valence-electron chi connectivity index (χ1n) is 8.87. The van der Waals surface area contributed by atoms with Gasteiger partial charge in [-0.15, -0.1) is 5.10 Å². The molecule has 0 saturated carbocycles. The van der Waals surface area contributed by atoms with Crippen LogP contribution in [0.25, 0.3) is 5.70 Å². The van der Waals surface area contributed by atoms with Crippen molar-refractivity contribution >= 4 is 28.5 Å². The summed E-state index contributed by atoms with van der Waals surface area (Å²) in [5.41, 5.74) is 1.28. The summed E-state index contributed by atoms with van der Waals surface area (Å²) in [7, 11) is 3.21. The summed E-state index contributed by atoms with van der Waals surface area (Å²) in [5, 5.41) is 11.3. The molecule has 2 aliphatic heterocycles. The molecule has 0 fully saturated rings. The zero-order valence-electron chi connectivity index (χ0n) is 15.8. The molecule has 0 saturated heterocycles. The van der Waals surface area contributed by atoms with Crippen molar-refractivity contribution in [1.82, 2.24) is 10.3 Å². The number of amidine groups is 1. The van der Waals surface area contributed by atoms with Gasteiger partial charge in [-0.25, -0.2) is 5.01 Å². The number of carbonyl (C=O) groups excluding carboxylic acids is 1. The topological polar surface area (TPSA) is 75.5 Å². The number of amides is 1. The fourth-order valence-corrected chi connectivity index (χ4v) is 3.85. The summed E-state index contributed by atoms with van der Waals surface area (Å²) in [5.74, 6) is 1.92. The standard InChI is InChI=1S/C20H20N4O3S/c1-4-28-20-22-19(25)17-13-7-5-6-8-15(13)21-18(24(17)23-20)14-10-9-12(26-2)11-16(14)27-3/h5-11,18H,4H2,1-3H3,(H,22,23,25). The molecule has 28 heavy (non-hydrogen) atoms. The van der Waals surface area contributed by atoms with Gasteiger partial charge in [-0.05, 0) is 24.0 Å². The summed E-state index contributed by atoms with van der Waals surface area (Å²) >= 11 is 1.48. The van der Waals surface area contributed by atoms with Crippen LogP contribution in [0.3, 0.4) is 0 Å². The van der Waals surface area contributed by atoms with Crippen LogP contribution in [-0.4, -0.2) is 36.1 Å². The number of ether oxygens (including phenoxy) is 2. The second-order valence-electron chi connectivity index (χ2n) is 6.11. The number of methoxy groups -OCH3 is 2. The maximum absolute atomic E-state index is 12.9. The molecule has 0 radical (unpaired) electrons. The molecule has 0 spiro atoms. The second-order valence-corrected chi connectivity index (χ2v) is 7.37. The summed E-state index contributed by atoms with van der Waals surface area (Å²) in [6.45, 7) is 2.01. The van der Waals surface area contributed by atoms with Gasteiger partial charge in [-0.1, -0.05) is 36.9 Å². The van der Waals surface area contributed by atoms with Crippen molar-refractivity contribution in [3.63, 3.8) is 0 Å². The largest absolute Gasteiger partial charge is 0.497 e. The van der Waals surface area contributed by atoms with Gasteiger partial charge in [0.25, 0.3) is 5.91 Å². The van der Waals surface area contributed by atoms with E-state index in [1.807, 2.05) is 43.3 Å². The predicted molar refractivity (Wildman–Crippen MR) is 108 cm³/mol. The summed E-state index contributed by atoms with van der Waals surface area (Å²) in [6.07, 6.45) is -0.524. The Kier molecular flexibility index (Phi) is 4.95. The molecule has 2 aromatic carbocycles. The first-order chi connectivity index (χ1) is 13.7. The lowest BCUT2D eigenvalue weighted by molar-refractivity contribution is -0.116. The van der Waals surface area contributed by atoms with Crippen LogP contribution < -0.4 is 25.4 Å². The van der Waals surface area contributed by atoms with Gasteiger partial charge < -0.3 is 9.47 Å². The zero-order valence-corrected chi connectivity index (χ0v) is 16.6. The SMILES string of the molecule is CCSC1=NN2C(=c3ccccc3=NC2c2ccc(OC)cc2OC)C(=O)N1. The van der Waals surface area contributed by atoms with Gasteiger partial charge in [0.15, 0.2) is 11.3 Å². The molecule has 8 heteroatoms. The molecule has 0 aromatic heterocycles. The quantitative estimate of drug-likeness (QED) is 0.850. The van der Waals surface area contributed by atoms with Crippen LogP contribution in [0.2, 0.25) is 0 Å². The van der Waals surface area contributed by atoms with Crippen LogP contribution in [0, 0.1) is 0 Å². The second kappa shape index (κ2) is 7.55. The summed E-state index contributed by atoms with van der Waals surface area (Å²) < 4.78 is 10.9. The number of rotatable bonds is 4. The zero-order chi connectivity index (χ0) is 19.7. The van der Waals surface area contributed by atoms with Gasteiger partial charge in [-0.3, -0.25) is 15.1 Å². The van der Waals surface area contributed by atoms with E-state index in [1.54, 1.807) is 25.3 Å². The lowest BCUT2D eigenvalue weighted by Crippen LogP contribution is -2.50. The normalized spacial score (nSPS) is 17.8. The van der Waals surface area contributed by atoms with Crippen molar-refractivity contribution in [2.75, 3.05) is 20.0 Å². The molecule has 7 nitrogen and oxygen atoms in total.